The topological polar surface area (TPSA) is 136 Å². The van der Waals surface area contributed by atoms with E-state index in [1.54, 1.807) is 16.8 Å². The molecule has 11 heteroatoms. The maximum atomic E-state index is 15.0. The van der Waals surface area contributed by atoms with E-state index in [9.17, 15) is 9.59 Å². The SMILES string of the molecule is CNC(=O)c1cc(Oc2ccc(NC(=O)Nc3cc(C(C)(C)C)nn3-c3cc(CN)c4ccccc4c3)c(F)c2)ccn1. The van der Waals surface area contributed by atoms with Gasteiger partial charge in [0.25, 0.3) is 5.91 Å². The van der Waals surface area contributed by atoms with Crippen LogP contribution in [0.2, 0.25) is 0 Å². The zero-order chi connectivity index (χ0) is 30.7. The zero-order valence-corrected chi connectivity index (χ0v) is 24.2. The fourth-order valence-electron chi connectivity index (χ4n) is 4.49. The molecule has 0 fully saturated rings. The Kier molecular flexibility index (Phi) is 8.09. The summed E-state index contributed by atoms with van der Waals surface area (Å²) in [6.07, 6.45) is 1.42. The van der Waals surface area contributed by atoms with Crippen molar-refractivity contribution in [2.75, 3.05) is 17.7 Å². The predicted molar refractivity (Wildman–Crippen MR) is 164 cm³/mol. The molecule has 5 aromatic rings. The fourth-order valence-corrected chi connectivity index (χ4v) is 4.49. The molecule has 0 radical (unpaired) electrons. The number of halogens is 1. The van der Waals surface area contributed by atoms with E-state index in [0.29, 0.717) is 18.1 Å². The van der Waals surface area contributed by atoms with Gasteiger partial charge in [-0.1, -0.05) is 45.0 Å². The van der Waals surface area contributed by atoms with Crippen molar-refractivity contribution in [3.8, 4) is 17.2 Å². The average Bonchev–Trinajstić information content (AvgIpc) is 3.42. The second-order valence-corrected chi connectivity index (χ2v) is 10.9. The van der Waals surface area contributed by atoms with Gasteiger partial charge in [0.2, 0.25) is 0 Å². The maximum absolute atomic E-state index is 15.0. The summed E-state index contributed by atoms with van der Waals surface area (Å²) in [7, 11) is 1.49. The number of nitrogens with zero attached hydrogens (tertiary/aromatic N) is 3. The van der Waals surface area contributed by atoms with Crippen LogP contribution < -0.4 is 26.4 Å². The molecule has 0 aliphatic rings. The lowest BCUT2D eigenvalue weighted by atomic mass is 9.92. The number of rotatable bonds is 7. The molecule has 3 aromatic carbocycles. The smallest absolute Gasteiger partial charge is 0.324 e. The van der Waals surface area contributed by atoms with E-state index < -0.39 is 11.8 Å². The Labute approximate surface area is 248 Å². The molecular formula is C32H32FN7O3. The predicted octanol–water partition coefficient (Wildman–Crippen LogP) is 6.11. The molecule has 0 atom stereocenters. The molecule has 3 amide bonds. The number of anilines is 2. The number of nitrogens with two attached hydrogens (primary N) is 1. The van der Waals surface area contributed by atoms with Crippen molar-refractivity contribution in [2.24, 2.45) is 5.73 Å². The Morgan fingerprint density at radius 1 is 0.977 bits per heavy atom. The summed E-state index contributed by atoms with van der Waals surface area (Å²) in [5, 5.41) is 14.7. The van der Waals surface area contributed by atoms with Gasteiger partial charge in [-0.15, -0.1) is 0 Å². The van der Waals surface area contributed by atoms with E-state index in [1.165, 1.54) is 31.4 Å². The Morgan fingerprint density at radius 3 is 2.47 bits per heavy atom. The van der Waals surface area contributed by atoms with Crippen molar-refractivity contribution in [3.05, 3.63) is 102 Å². The molecule has 0 spiro atoms. The number of pyridine rings is 1. The molecule has 2 aromatic heterocycles. The minimum absolute atomic E-state index is 0.0520. The third kappa shape index (κ3) is 6.47. The molecule has 0 saturated carbocycles. The van der Waals surface area contributed by atoms with Crippen molar-refractivity contribution in [1.82, 2.24) is 20.1 Å². The van der Waals surface area contributed by atoms with Crippen LogP contribution >= 0.6 is 0 Å². The lowest BCUT2D eigenvalue weighted by Gasteiger charge is -2.15. The number of carbonyl (C=O) groups is 2. The second-order valence-electron chi connectivity index (χ2n) is 10.9. The van der Waals surface area contributed by atoms with Crippen LogP contribution in [0.3, 0.4) is 0 Å². The van der Waals surface area contributed by atoms with Crippen LogP contribution in [0.5, 0.6) is 11.5 Å². The lowest BCUT2D eigenvalue weighted by Crippen LogP contribution is -2.22. The highest BCUT2D eigenvalue weighted by Crippen LogP contribution is 2.30. The first kappa shape index (κ1) is 29.2. The number of aromatic nitrogens is 3. The minimum atomic E-state index is -0.709. The van der Waals surface area contributed by atoms with E-state index in [1.807, 2.05) is 57.2 Å². The van der Waals surface area contributed by atoms with Crippen molar-refractivity contribution in [3.63, 3.8) is 0 Å². The van der Waals surface area contributed by atoms with Crippen LogP contribution in [0.4, 0.5) is 20.7 Å². The van der Waals surface area contributed by atoms with E-state index in [2.05, 4.69) is 20.9 Å². The molecule has 5 N–H and O–H groups in total. The van der Waals surface area contributed by atoms with Gasteiger partial charge in [0, 0.05) is 43.4 Å². The summed E-state index contributed by atoms with van der Waals surface area (Å²) < 4.78 is 22.4. The van der Waals surface area contributed by atoms with Crippen molar-refractivity contribution < 1.29 is 18.7 Å². The first-order valence-corrected chi connectivity index (χ1v) is 13.6. The average molecular weight is 582 g/mol. The molecule has 2 heterocycles. The normalized spacial score (nSPS) is 11.3. The van der Waals surface area contributed by atoms with Crippen LogP contribution in [-0.4, -0.2) is 33.8 Å². The largest absolute Gasteiger partial charge is 0.457 e. The number of hydrogen-bond donors (Lipinski definition) is 4. The standard InChI is InChI=1S/C32H32FN7O3/c1-32(2,3)28-17-29(40(39-28)21-13-19-7-5-6-8-24(19)20(14-21)18-34)38-31(42)37-26-10-9-22(15-25(26)33)43-23-11-12-36-27(16-23)30(41)35-4/h5-17H,18,34H2,1-4H3,(H,35,41)(H2,37,38,42). The second kappa shape index (κ2) is 11.9. The van der Waals surface area contributed by atoms with Gasteiger partial charge in [-0.05, 0) is 46.7 Å². The molecule has 43 heavy (non-hydrogen) atoms. The Bertz CT molecular complexity index is 1830. The molecule has 0 saturated heterocycles. The minimum Gasteiger partial charge on any atom is -0.457 e. The number of carbonyl (C=O) groups excluding carboxylic acids is 2. The van der Waals surface area contributed by atoms with Gasteiger partial charge in [-0.2, -0.15) is 5.10 Å². The van der Waals surface area contributed by atoms with Crippen LogP contribution in [-0.2, 0) is 12.0 Å². The Hall–Kier alpha value is -5.29. The first-order valence-electron chi connectivity index (χ1n) is 13.6. The van der Waals surface area contributed by atoms with Gasteiger partial charge in [0.15, 0.2) is 0 Å². The molecule has 0 unspecified atom stereocenters. The number of nitrogens with one attached hydrogen (secondary N) is 3. The summed E-state index contributed by atoms with van der Waals surface area (Å²) in [5.41, 5.74) is 8.30. The Balaban J connectivity index is 1.38. The molecule has 220 valence electrons. The van der Waals surface area contributed by atoms with Gasteiger partial charge in [-0.25, -0.2) is 13.9 Å². The molecular weight excluding hydrogens is 549 g/mol. The van der Waals surface area contributed by atoms with Gasteiger partial charge in [0.05, 0.1) is 17.1 Å². The van der Waals surface area contributed by atoms with Crippen molar-refractivity contribution >= 4 is 34.2 Å². The molecule has 0 bridgehead atoms. The highest BCUT2D eigenvalue weighted by molar-refractivity contribution is 5.99. The number of fused-ring (bicyclic) bond motifs is 1. The molecule has 5 rings (SSSR count). The fraction of sp³-hybridized carbons (Fsp3) is 0.188. The van der Waals surface area contributed by atoms with Gasteiger partial charge in [0.1, 0.15) is 28.8 Å². The van der Waals surface area contributed by atoms with Crippen molar-refractivity contribution in [1.29, 1.82) is 0 Å². The number of urea groups is 1. The summed E-state index contributed by atoms with van der Waals surface area (Å²) >= 11 is 0. The van der Waals surface area contributed by atoms with E-state index >= 15 is 4.39 Å². The number of benzene rings is 3. The zero-order valence-electron chi connectivity index (χ0n) is 24.2. The van der Waals surface area contributed by atoms with Crippen LogP contribution in [0.25, 0.3) is 16.5 Å². The summed E-state index contributed by atoms with van der Waals surface area (Å²) in [6, 6.07) is 20.0. The number of hydrogen-bond acceptors (Lipinski definition) is 6. The summed E-state index contributed by atoms with van der Waals surface area (Å²) in [5.74, 6) is -0.193. The lowest BCUT2D eigenvalue weighted by molar-refractivity contribution is 0.0957. The third-order valence-corrected chi connectivity index (χ3v) is 6.73. The van der Waals surface area contributed by atoms with Crippen LogP contribution in [0.15, 0.2) is 79.0 Å². The number of ether oxygens (including phenoxy) is 1. The summed E-state index contributed by atoms with van der Waals surface area (Å²) in [4.78, 5) is 28.9. The monoisotopic (exact) mass is 581 g/mol. The highest BCUT2D eigenvalue weighted by Gasteiger charge is 2.22. The van der Waals surface area contributed by atoms with E-state index in [-0.39, 0.29) is 28.5 Å². The van der Waals surface area contributed by atoms with Crippen LogP contribution in [0, 0.1) is 5.82 Å². The van der Waals surface area contributed by atoms with E-state index in [4.69, 9.17) is 15.6 Å². The van der Waals surface area contributed by atoms with Gasteiger partial charge < -0.3 is 21.1 Å². The highest BCUT2D eigenvalue weighted by atomic mass is 19.1. The molecule has 10 nitrogen and oxygen atoms in total. The summed E-state index contributed by atoms with van der Waals surface area (Å²) in [6.45, 7) is 6.42. The first-order chi connectivity index (χ1) is 20.5. The van der Waals surface area contributed by atoms with Crippen molar-refractivity contribution in [2.45, 2.75) is 32.7 Å². The van der Waals surface area contributed by atoms with E-state index in [0.717, 1.165) is 33.8 Å². The van der Waals surface area contributed by atoms with Gasteiger partial charge >= 0.3 is 6.03 Å². The molecule has 0 aliphatic carbocycles. The molecule has 0 aliphatic heterocycles. The van der Waals surface area contributed by atoms with Crippen LogP contribution in [0.1, 0.15) is 42.5 Å². The Morgan fingerprint density at radius 2 is 1.74 bits per heavy atom. The quantitative estimate of drug-likeness (QED) is 0.183. The third-order valence-electron chi connectivity index (χ3n) is 6.73. The number of amides is 3. The van der Waals surface area contributed by atoms with Gasteiger partial charge in [-0.3, -0.25) is 15.1 Å². The maximum Gasteiger partial charge on any atom is 0.324 e.